The Bertz CT molecular complexity index is 694. The highest BCUT2D eigenvalue weighted by Gasteiger charge is 2.59. The van der Waals surface area contributed by atoms with Crippen molar-refractivity contribution in [2.24, 2.45) is 5.92 Å². The fraction of sp³-hybridized carbons (Fsp3) is 0.368. The zero-order chi connectivity index (χ0) is 16.6. The summed E-state index contributed by atoms with van der Waals surface area (Å²) in [7, 11) is 1.69. The van der Waals surface area contributed by atoms with Gasteiger partial charge in [0.15, 0.2) is 6.29 Å². The molecule has 1 N–H and O–H groups in total. The largest absolute Gasteiger partial charge is 0.376 e. The van der Waals surface area contributed by atoms with E-state index in [0.29, 0.717) is 11.6 Å². The number of benzene rings is 2. The van der Waals surface area contributed by atoms with Crippen LogP contribution in [0.15, 0.2) is 54.6 Å². The first kappa shape index (κ1) is 15.9. The lowest BCUT2D eigenvalue weighted by molar-refractivity contribution is -0.267. The first-order valence-corrected chi connectivity index (χ1v) is 8.53. The Labute approximate surface area is 146 Å². The van der Waals surface area contributed by atoms with Crippen LogP contribution in [0.1, 0.15) is 12.0 Å². The molecule has 0 bridgehead atoms. The van der Waals surface area contributed by atoms with E-state index in [0.717, 1.165) is 17.7 Å². The second kappa shape index (κ2) is 6.37. The molecule has 24 heavy (non-hydrogen) atoms. The molecule has 0 radical (unpaired) electrons. The number of hydrogen-bond donors (Lipinski definition) is 1. The van der Waals surface area contributed by atoms with Crippen LogP contribution in [0.2, 0.25) is 5.02 Å². The van der Waals surface area contributed by atoms with E-state index < -0.39 is 5.79 Å². The summed E-state index contributed by atoms with van der Waals surface area (Å²) in [5.41, 5.74) is 1.97. The zero-order valence-corrected chi connectivity index (χ0v) is 14.2. The topological polar surface area (TPSA) is 39.7 Å². The lowest BCUT2D eigenvalue weighted by Crippen LogP contribution is -2.45. The van der Waals surface area contributed by atoms with Crippen LogP contribution in [0.5, 0.6) is 0 Å². The number of anilines is 1. The molecule has 2 aliphatic heterocycles. The first-order chi connectivity index (χ1) is 11.7. The van der Waals surface area contributed by atoms with Crippen molar-refractivity contribution in [2.75, 3.05) is 19.0 Å². The minimum atomic E-state index is -0.878. The van der Waals surface area contributed by atoms with Gasteiger partial charge in [0.25, 0.3) is 0 Å². The lowest BCUT2D eigenvalue weighted by atomic mass is 9.89. The van der Waals surface area contributed by atoms with E-state index in [9.17, 15) is 0 Å². The molecule has 126 valence electrons. The van der Waals surface area contributed by atoms with Crippen molar-refractivity contribution in [2.45, 2.75) is 24.5 Å². The SMILES string of the molecule is CO[C@@]1(c2ccccc2)O[C@@H]2OCC[C@@H]2[C@@H]1Nc1ccc(Cl)cc1. The summed E-state index contributed by atoms with van der Waals surface area (Å²) >= 11 is 6.00. The van der Waals surface area contributed by atoms with E-state index in [1.807, 2.05) is 54.6 Å². The number of methoxy groups -OCH3 is 1. The van der Waals surface area contributed by atoms with Gasteiger partial charge in [-0.3, -0.25) is 0 Å². The van der Waals surface area contributed by atoms with E-state index in [2.05, 4.69) is 5.32 Å². The fourth-order valence-electron chi connectivity index (χ4n) is 3.69. The maximum atomic E-state index is 6.28. The van der Waals surface area contributed by atoms with Gasteiger partial charge in [0.05, 0.1) is 12.6 Å². The lowest BCUT2D eigenvalue weighted by Gasteiger charge is -2.35. The number of rotatable bonds is 4. The second-order valence-corrected chi connectivity index (χ2v) is 6.61. The van der Waals surface area contributed by atoms with Crippen molar-refractivity contribution in [3.05, 3.63) is 65.2 Å². The van der Waals surface area contributed by atoms with Crippen molar-refractivity contribution in [1.82, 2.24) is 0 Å². The minimum Gasteiger partial charge on any atom is -0.376 e. The molecule has 4 nitrogen and oxygen atoms in total. The van der Waals surface area contributed by atoms with Gasteiger partial charge >= 0.3 is 0 Å². The Hall–Kier alpha value is -1.59. The molecule has 2 aliphatic rings. The van der Waals surface area contributed by atoms with Crippen molar-refractivity contribution in [3.8, 4) is 0 Å². The molecular weight excluding hydrogens is 326 g/mol. The smallest absolute Gasteiger partial charge is 0.218 e. The fourth-order valence-corrected chi connectivity index (χ4v) is 3.82. The molecule has 0 aliphatic carbocycles. The van der Waals surface area contributed by atoms with Crippen LogP contribution in [0.3, 0.4) is 0 Å². The third-order valence-electron chi connectivity index (χ3n) is 4.86. The van der Waals surface area contributed by atoms with Crippen molar-refractivity contribution in [3.63, 3.8) is 0 Å². The molecule has 0 amide bonds. The highest BCUT2D eigenvalue weighted by Crippen LogP contribution is 2.48. The summed E-state index contributed by atoms with van der Waals surface area (Å²) in [5.74, 6) is -0.655. The third kappa shape index (κ3) is 2.60. The highest BCUT2D eigenvalue weighted by molar-refractivity contribution is 6.30. The quantitative estimate of drug-likeness (QED) is 0.908. The second-order valence-electron chi connectivity index (χ2n) is 6.18. The van der Waals surface area contributed by atoms with Crippen LogP contribution in [0, 0.1) is 5.92 Å². The predicted octanol–water partition coefficient (Wildman–Crippen LogP) is 4.01. The minimum absolute atomic E-state index is 0.0569. The zero-order valence-electron chi connectivity index (χ0n) is 13.4. The predicted molar refractivity (Wildman–Crippen MR) is 92.9 cm³/mol. The van der Waals surface area contributed by atoms with Crippen molar-refractivity contribution >= 4 is 17.3 Å². The molecule has 4 rings (SSSR count). The van der Waals surface area contributed by atoms with Gasteiger partial charge in [-0.15, -0.1) is 0 Å². The van der Waals surface area contributed by atoms with E-state index in [1.54, 1.807) is 7.11 Å². The van der Waals surface area contributed by atoms with E-state index >= 15 is 0 Å². The Morgan fingerprint density at radius 3 is 2.58 bits per heavy atom. The van der Waals surface area contributed by atoms with Crippen LogP contribution in [0.25, 0.3) is 0 Å². The summed E-state index contributed by atoms with van der Waals surface area (Å²) in [6.07, 6.45) is 0.684. The summed E-state index contributed by atoms with van der Waals surface area (Å²) < 4.78 is 18.0. The maximum absolute atomic E-state index is 6.28. The summed E-state index contributed by atoms with van der Waals surface area (Å²) in [6, 6.07) is 17.7. The van der Waals surface area contributed by atoms with E-state index in [4.69, 9.17) is 25.8 Å². The molecule has 4 atom stereocenters. The Kier molecular flexibility index (Phi) is 4.22. The Morgan fingerprint density at radius 1 is 1.12 bits per heavy atom. The van der Waals surface area contributed by atoms with Crippen molar-refractivity contribution < 1.29 is 14.2 Å². The molecule has 2 aromatic rings. The standard InChI is InChI=1S/C19H20ClNO3/c1-22-19(13-5-3-2-4-6-13)17(16-11-12-23-18(16)24-19)21-15-9-7-14(20)8-10-15/h2-10,16-18,21H,11-12H2,1H3/t16-,17+,18+,19+/m1/s1. The molecule has 0 saturated carbocycles. The first-order valence-electron chi connectivity index (χ1n) is 8.15. The van der Waals surface area contributed by atoms with Crippen LogP contribution in [0.4, 0.5) is 5.69 Å². The highest BCUT2D eigenvalue weighted by atomic mass is 35.5. The van der Waals surface area contributed by atoms with Crippen LogP contribution in [-0.2, 0) is 20.0 Å². The van der Waals surface area contributed by atoms with Gasteiger partial charge < -0.3 is 19.5 Å². The number of nitrogens with one attached hydrogen (secondary N) is 1. The van der Waals surface area contributed by atoms with Gasteiger partial charge in [-0.1, -0.05) is 41.9 Å². The van der Waals surface area contributed by atoms with Crippen molar-refractivity contribution in [1.29, 1.82) is 0 Å². The van der Waals surface area contributed by atoms with Gasteiger partial charge in [0, 0.05) is 29.3 Å². The molecule has 0 aromatic heterocycles. The summed E-state index contributed by atoms with van der Waals surface area (Å²) in [6.45, 7) is 0.711. The number of fused-ring (bicyclic) bond motifs is 1. The van der Waals surface area contributed by atoms with Crippen LogP contribution in [-0.4, -0.2) is 26.0 Å². The molecule has 2 saturated heterocycles. The van der Waals surface area contributed by atoms with Gasteiger partial charge in [0.1, 0.15) is 0 Å². The van der Waals surface area contributed by atoms with E-state index in [-0.39, 0.29) is 18.2 Å². The molecule has 0 unspecified atom stereocenters. The molecule has 2 aromatic carbocycles. The third-order valence-corrected chi connectivity index (χ3v) is 5.11. The number of halogens is 1. The molecule has 0 spiro atoms. The van der Waals surface area contributed by atoms with Gasteiger partial charge in [0.2, 0.25) is 5.79 Å². The average Bonchev–Trinajstić information content (AvgIpc) is 3.18. The summed E-state index contributed by atoms with van der Waals surface area (Å²) in [5, 5.41) is 4.31. The summed E-state index contributed by atoms with van der Waals surface area (Å²) in [4.78, 5) is 0. The van der Waals surface area contributed by atoms with Gasteiger partial charge in [-0.2, -0.15) is 0 Å². The normalized spacial score (nSPS) is 31.8. The van der Waals surface area contributed by atoms with Gasteiger partial charge in [-0.05, 0) is 30.7 Å². The van der Waals surface area contributed by atoms with Crippen LogP contribution < -0.4 is 5.32 Å². The Balaban J connectivity index is 1.72. The van der Waals surface area contributed by atoms with E-state index in [1.165, 1.54) is 0 Å². The monoisotopic (exact) mass is 345 g/mol. The molecule has 5 heteroatoms. The van der Waals surface area contributed by atoms with Gasteiger partial charge in [-0.25, -0.2) is 0 Å². The molecule has 2 heterocycles. The Morgan fingerprint density at radius 2 is 1.88 bits per heavy atom. The molecule has 2 fully saturated rings. The number of ether oxygens (including phenoxy) is 3. The molecular formula is C19H20ClNO3. The van der Waals surface area contributed by atoms with Crippen LogP contribution >= 0.6 is 11.6 Å². The average molecular weight is 346 g/mol. The maximum Gasteiger partial charge on any atom is 0.218 e. The number of hydrogen-bond acceptors (Lipinski definition) is 4.